The van der Waals surface area contributed by atoms with Gasteiger partial charge in [0.1, 0.15) is 18.6 Å². The van der Waals surface area contributed by atoms with Gasteiger partial charge in [0.05, 0.1) is 5.52 Å². The standard InChI is InChI=1S/C17H14BrF3N4O2/c1-25-14-9-10(18)3-8-13(14)15(23-25)16(24-26-2)22-11-4-6-12(7-5-11)27-17(19,20)21/h3-9H,1-2H3,(H,22,24). The van der Waals surface area contributed by atoms with Crippen LogP contribution < -0.4 is 10.1 Å². The molecule has 3 rings (SSSR count). The number of alkyl halides is 3. The number of hydrogen-bond donors (Lipinski definition) is 1. The van der Waals surface area contributed by atoms with Crippen molar-refractivity contribution in [2.24, 2.45) is 12.2 Å². The van der Waals surface area contributed by atoms with E-state index in [9.17, 15) is 13.2 Å². The highest BCUT2D eigenvalue weighted by atomic mass is 79.9. The third-order valence-corrected chi connectivity index (χ3v) is 4.06. The molecule has 0 aliphatic rings. The number of nitrogens with zero attached hydrogens (tertiary/aromatic N) is 3. The molecule has 0 saturated heterocycles. The molecule has 2 aromatic carbocycles. The van der Waals surface area contributed by atoms with Gasteiger partial charge in [-0.25, -0.2) is 0 Å². The molecule has 6 nitrogen and oxygen atoms in total. The highest BCUT2D eigenvalue weighted by Crippen LogP contribution is 2.26. The molecule has 27 heavy (non-hydrogen) atoms. The van der Waals surface area contributed by atoms with Crippen molar-refractivity contribution in [3.8, 4) is 5.75 Å². The molecule has 0 bridgehead atoms. The molecule has 0 saturated carbocycles. The molecule has 1 N–H and O–H groups in total. The first kappa shape index (κ1) is 19.0. The fourth-order valence-corrected chi connectivity index (χ4v) is 2.85. The first-order valence-corrected chi connectivity index (χ1v) is 8.43. The van der Waals surface area contributed by atoms with Crippen LogP contribution >= 0.6 is 15.9 Å². The Labute approximate surface area is 160 Å². The summed E-state index contributed by atoms with van der Waals surface area (Å²) < 4.78 is 43.3. The lowest BCUT2D eigenvalue weighted by Crippen LogP contribution is -2.17. The van der Waals surface area contributed by atoms with E-state index in [1.165, 1.54) is 31.4 Å². The summed E-state index contributed by atoms with van der Waals surface area (Å²) in [7, 11) is 3.19. The van der Waals surface area contributed by atoms with Gasteiger partial charge in [-0.1, -0.05) is 21.1 Å². The maximum Gasteiger partial charge on any atom is 0.573 e. The van der Waals surface area contributed by atoms with E-state index < -0.39 is 6.36 Å². The number of rotatable bonds is 4. The van der Waals surface area contributed by atoms with Gasteiger partial charge in [0.15, 0.2) is 5.84 Å². The molecule has 10 heteroatoms. The van der Waals surface area contributed by atoms with Crippen LogP contribution in [0.3, 0.4) is 0 Å². The predicted molar refractivity (Wildman–Crippen MR) is 98.7 cm³/mol. The summed E-state index contributed by atoms with van der Waals surface area (Å²) >= 11 is 3.42. The minimum absolute atomic E-state index is 0.314. The zero-order valence-corrected chi connectivity index (χ0v) is 15.8. The second-order valence-electron chi connectivity index (χ2n) is 5.45. The van der Waals surface area contributed by atoms with Crippen LogP contribution in [0, 0.1) is 0 Å². The predicted octanol–water partition coefficient (Wildman–Crippen LogP) is 4.65. The van der Waals surface area contributed by atoms with Crippen LogP contribution in [0.25, 0.3) is 10.9 Å². The molecule has 0 fully saturated rings. The number of benzene rings is 2. The molecule has 142 valence electrons. The first-order valence-electron chi connectivity index (χ1n) is 7.63. The van der Waals surface area contributed by atoms with E-state index in [0.29, 0.717) is 17.2 Å². The van der Waals surface area contributed by atoms with Crippen LogP contribution in [0.1, 0.15) is 5.69 Å². The van der Waals surface area contributed by atoms with E-state index >= 15 is 0 Å². The fourth-order valence-electron chi connectivity index (χ4n) is 2.50. The van der Waals surface area contributed by atoms with Crippen LogP contribution in [-0.4, -0.2) is 29.1 Å². The molecule has 3 aromatic rings. The van der Waals surface area contributed by atoms with Crippen LogP contribution in [0.2, 0.25) is 0 Å². The first-order chi connectivity index (χ1) is 12.8. The van der Waals surface area contributed by atoms with Crippen molar-refractivity contribution in [3.05, 3.63) is 52.6 Å². The Balaban J connectivity index is 1.91. The van der Waals surface area contributed by atoms with Crippen LogP contribution in [0.5, 0.6) is 5.75 Å². The van der Waals surface area contributed by atoms with Gasteiger partial charge in [0, 0.05) is 22.6 Å². The van der Waals surface area contributed by atoms with Crippen molar-refractivity contribution in [1.29, 1.82) is 0 Å². The maximum absolute atomic E-state index is 12.3. The van der Waals surface area contributed by atoms with E-state index in [1.54, 1.807) is 11.7 Å². The van der Waals surface area contributed by atoms with E-state index in [4.69, 9.17) is 4.84 Å². The summed E-state index contributed by atoms with van der Waals surface area (Å²) in [6.45, 7) is 0. The minimum atomic E-state index is -4.74. The number of anilines is 1. The molecule has 0 aliphatic carbocycles. The second kappa shape index (κ2) is 7.47. The summed E-state index contributed by atoms with van der Waals surface area (Å²) in [4.78, 5) is 4.90. The Morgan fingerprint density at radius 1 is 1.19 bits per heavy atom. The third-order valence-electron chi connectivity index (χ3n) is 3.57. The number of hydrogen-bond acceptors (Lipinski definition) is 4. The fraction of sp³-hybridized carbons (Fsp3) is 0.176. The van der Waals surface area contributed by atoms with Crippen LogP contribution in [0.15, 0.2) is 52.1 Å². The van der Waals surface area contributed by atoms with Crippen molar-refractivity contribution in [2.45, 2.75) is 6.36 Å². The van der Waals surface area contributed by atoms with Crippen molar-refractivity contribution in [3.63, 3.8) is 0 Å². The zero-order chi connectivity index (χ0) is 19.6. The number of halogens is 4. The number of nitrogens with one attached hydrogen (secondary N) is 1. The lowest BCUT2D eigenvalue weighted by atomic mass is 10.2. The number of ether oxygens (including phenoxy) is 1. The van der Waals surface area contributed by atoms with Gasteiger partial charge in [-0.05, 0) is 42.5 Å². The number of oxime groups is 1. The Morgan fingerprint density at radius 3 is 2.52 bits per heavy atom. The van der Waals surface area contributed by atoms with Crippen molar-refractivity contribution < 1.29 is 22.7 Å². The average molecular weight is 443 g/mol. The molecule has 0 unspecified atom stereocenters. The summed E-state index contributed by atoms with van der Waals surface area (Å²) in [5, 5.41) is 12.3. The summed E-state index contributed by atoms with van der Waals surface area (Å²) in [5.41, 5.74) is 1.91. The van der Waals surface area contributed by atoms with Gasteiger partial charge in [0.25, 0.3) is 0 Å². The van der Waals surface area contributed by atoms with Crippen LogP contribution in [0.4, 0.5) is 18.9 Å². The Bertz CT molecular complexity index is 984. The zero-order valence-electron chi connectivity index (χ0n) is 14.2. The number of amidine groups is 1. The van der Waals surface area contributed by atoms with Gasteiger partial charge in [0.2, 0.25) is 0 Å². The molecular weight excluding hydrogens is 429 g/mol. The maximum atomic E-state index is 12.3. The van der Waals surface area contributed by atoms with Gasteiger partial charge >= 0.3 is 6.36 Å². The topological polar surface area (TPSA) is 60.7 Å². The minimum Gasteiger partial charge on any atom is -0.406 e. The van der Waals surface area contributed by atoms with Crippen molar-refractivity contribution in [2.75, 3.05) is 12.4 Å². The van der Waals surface area contributed by atoms with Gasteiger partial charge in [-0.15, -0.1) is 13.2 Å². The molecule has 0 atom stereocenters. The van der Waals surface area contributed by atoms with Crippen LogP contribution in [-0.2, 0) is 11.9 Å². The van der Waals surface area contributed by atoms with Crippen molar-refractivity contribution in [1.82, 2.24) is 9.78 Å². The normalized spacial score (nSPS) is 12.3. The largest absolute Gasteiger partial charge is 0.573 e. The van der Waals surface area contributed by atoms with Gasteiger partial charge < -0.3 is 14.9 Å². The van der Waals surface area contributed by atoms with E-state index in [-0.39, 0.29) is 5.75 Å². The highest BCUT2D eigenvalue weighted by Gasteiger charge is 2.31. The molecule has 1 aromatic heterocycles. The Morgan fingerprint density at radius 2 is 1.89 bits per heavy atom. The average Bonchev–Trinajstić information content (AvgIpc) is 2.91. The Hall–Kier alpha value is -2.75. The summed E-state index contributed by atoms with van der Waals surface area (Å²) in [6.07, 6.45) is -4.74. The van der Waals surface area contributed by atoms with E-state index in [1.807, 2.05) is 18.2 Å². The highest BCUT2D eigenvalue weighted by molar-refractivity contribution is 9.10. The second-order valence-corrected chi connectivity index (χ2v) is 6.37. The third kappa shape index (κ3) is 4.51. The Kier molecular flexibility index (Phi) is 5.26. The quantitative estimate of drug-likeness (QED) is 0.362. The van der Waals surface area contributed by atoms with E-state index in [2.05, 4.69) is 36.2 Å². The van der Waals surface area contributed by atoms with Crippen molar-refractivity contribution >= 4 is 38.4 Å². The molecular formula is C17H14BrF3N4O2. The van der Waals surface area contributed by atoms with Gasteiger partial charge in [-0.2, -0.15) is 5.10 Å². The monoisotopic (exact) mass is 442 g/mol. The SMILES string of the molecule is CO/N=C(\Nc1ccc(OC(F)(F)F)cc1)c1nn(C)c2cc(Br)ccc12. The number of aromatic nitrogens is 2. The van der Waals surface area contributed by atoms with E-state index in [0.717, 1.165) is 15.4 Å². The lowest BCUT2D eigenvalue weighted by Gasteiger charge is -2.11. The molecule has 1 heterocycles. The summed E-state index contributed by atoms with van der Waals surface area (Å²) in [6, 6.07) is 11.0. The summed E-state index contributed by atoms with van der Waals surface area (Å²) in [5.74, 6) is 0.00123. The number of aryl methyl sites for hydroxylation is 1. The lowest BCUT2D eigenvalue weighted by molar-refractivity contribution is -0.274. The number of fused-ring (bicyclic) bond motifs is 1. The molecule has 0 spiro atoms. The molecule has 0 radical (unpaired) electrons. The smallest absolute Gasteiger partial charge is 0.406 e. The van der Waals surface area contributed by atoms with Gasteiger partial charge in [-0.3, -0.25) is 4.68 Å². The molecule has 0 amide bonds. The molecule has 0 aliphatic heterocycles.